The molecule has 0 bridgehead atoms. The summed E-state index contributed by atoms with van der Waals surface area (Å²) < 4.78 is 0. The van der Waals surface area contributed by atoms with Crippen LogP contribution in [0.1, 0.15) is 45.2 Å². The van der Waals surface area contributed by atoms with Crippen molar-refractivity contribution in [1.82, 2.24) is 10.2 Å². The van der Waals surface area contributed by atoms with Gasteiger partial charge in [0.15, 0.2) is 0 Å². The number of carbonyl (C=O) groups excluding carboxylic acids is 2. The van der Waals surface area contributed by atoms with Gasteiger partial charge in [0.05, 0.1) is 6.04 Å². The summed E-state index contributed by atoms with van der Waals surface area (Å²) in [5.41, 5.74) is 3.28. The van der Waals surface area contributed by atoms with E-state index in [9.17, 15) is 9.59 Å². The molecule has 1 aliphatic heterocycles. The van der Waals surface area contributed by atoms with Crippen molar-refractivity contribution in [3.8, 4) is 0 Å². The number of hydrogen-bond donors (Lipinski definition) is 1. The van der Waals surface area contributed by atoms with Crippen molar-refractivity contribution < 1.29 is 9.59 Å². The van der Waals surface area contributed by atoms with Gasteiger partial charge in [0.1, 0.15) is 0 Å². The van der Waals surface area contributed by atoms with Crippen LogP contribution in [0.25, 0.3) is 0 Å². The van der Waals surface area contributed by atoms with Crippen molar-refractivity contribution in [3.63, 3.8) is 0 Å². The van der Waals surface area contributed by atoms with Crippen LogP contribution in [0, 0.1) is 13.8 Å². The van der Waals surface area contributed by atoms with Crippen molar-refractivity contribution >= 4 is 17.6 Å². The fourth-order valence-electron chi connectivity index (χ4n) is 3.26. The SMILES string of the molecule is Cc1ccc(N2C[C@@H](NC(=O)N(C(C)C)C(C)C)CC2=O)cc1C. The Balaban J connectivity index is 2.06. The first-order chi connectivity index (χ1) is 11.2. The molecule has 24 heavy (non-hydrogen) atoms. The van der Waals surface area contributed by atoms with Gasteiger partial charge >= 0.3 is 6.03 Å². The van der Waals surface area contributed by atoms with E-state index in [0.29, 0.717) is 13.0 Å². The Morgan fingerprint density at radius 1 is 1.17 bits per heavy atom. The lowest BCUT2D eigenvalue weighted by molar-refractivity contribution is -0.117. The predicted octanol–water partition coefficient (Wildman–Crippen LogP) is 3.24. The second kappa shape index (κ2) is 7.24. The minimum absolute atomic E-state index is 0.0594. The summed E-state index contributed by atoms with van der Waals surface area (Å²) in [5.74, 6) is 0.0594. The zero-order chi connectivity index (χ0) is 18.0. The summed E-state index contributed by atoms with van der Waals surface area (Å²) >= 11 is 0. The normalized spacial score (nSPS) is 17.8. The quantitative estimate of drug-likeness (QED) is 0.921. The maximum absolute atomic E-state index is 12.5. The summed E-state index contributed by atoms with van der Waals surface area (Å²) in [7, 11) is 0. The fourth-order valence-corrected chi connectivity index (χ4v) is 3.26. The summed E-state index contributed by atoms with van der Waals surface area (Å²) in [5, 5.41) is 3.02. The number of nitrogens with one attached hydrogen (secondary N) is 1. The monoisotopic (exact) mass is 331 g/mol. The molecular weight excluding hydrogens is 302 g/mol. The molecule has 1 fully saturated rings. The van der Waals surface area contributed by atoms with Crippen molar-refractivity contribution in [3.05, 3.63) is 29.3 Å². The topological polar surface area (TPSA) is 52.7 Å². The van der Waals surface area contributed by atoms with Gasteiger partial charge in [-0.1, -0.05) is 6.07 Å². The van der Waals surface area contributed by atoms with Crippen LogP contribution in [-0.4, -0.2) is 41.5 Å². The van der Waals surface area contributed by atoms with E-state index in [0.717, 1.165) is 5.69 Å². The molecule has 5 heteroatoms. The van der Waals surface area contributed by atoms with E-state index in [1.54, 1.807) is 4.90 Å². The standard InChI is InChI=1S/C19H29N3O2/c1-12(2)22(13(3)4)19(24)20-16-10-18(23)21(11-16)17-8-7-14(5)15(6)9-17/h7-9,12-13,16H,10-11H2,1-6H3,(H,20,24)/t16-/m0/s1. The Labute approximate surface area is 145 Å². The second-order valence-corrected chi connectivity index (χ2v) is 7.22. The molecule has 1 saturated heterocycles. The van der Waals surface area contributed by atoms with Gasteiger partial charge < -0.3 is 15.1 Å². The smallest absolute Gasteiger partial charge is 0.318 e. The summed E-state index contributed by atoms with van der Waals surface area (Å²) in [6.07, 6.45) is 0.350. The maximum atomic E-state index is 12.5. The first kappa shape index (κ1) is 18.3. The van der Waals surface area contributed by atoms with Gasteiger partial charge in [-0.05, 0) is 64.8 Å². The van der Waals surface area contributed by atoms with E-state index in [2.05, 4.69) is 12.2 Å². The summed E-state index contributed by atoms with van der Waals surface area (Å²) in [4.78, 5) is 28.5. The number of benzene rings is 1. The number of nitrogens with zero attached hydrogens (tertiary/aromatic N) is 2. The minimum Gasteiger partial charge on any atom is -0.333 e. The lowest BCUT2D eigenvalue weighted by Crippen LogP contribution is -2.51. The maximum Gasteiger partial charge on any atom is 0.318 e. The summed E-state index contributed by atoms with van der Waals surface area (Å²) in [6.45, 7) is 12.6. The third-order valence-electron chi connectivity index (χ3n) is 4.60. The highest BCUT2D eigenvalue weighted by molar-refractivity contribution is 5.97. The molecule has 5 nitrogen and oxygen atoms in total. The molecule has 1 heterocycles. The molecular formula is C19H29N3O2. The van der Waals surface area contributed by atoms with Crippen LogP contribution in [0.4, 0.5) is 10.5 Å². The predicted molar refractivity (Wildman–Crippen MR) is 97.3 cm³/mol. The molecule has 0 unspecified atom stereocenters. The third-order valence-corrected chi connectivity index (χ3v) is 4.60. The number of urea groups is 1. The van der Waals surface area contributed by atoms with Crippen LogP contribution in [-0.2, 0) is 4.79 Å². The van der Waals surface area contributed by atoms with Crippen LogP contribution in [0.15, 0.2) is 18.2 Å². The molecule has 0 aliphatic carbocycles. The molecule has 132 valence electrons. The first-order valence-corrected chi connectivity index (χ1v) is 8.67. The molecule has 1 aromatic carbocycles. The Kier molecular flexibility index (Phi) is 5.52. The Morgan fingerprint density at radius 3 is 2.33 bits per heavy atom. The Hall–Kier alpha value is -2.04. The van der Waals surface area contributed by atoms with Crippen molar-refractivity contribution in [2.45, 2.75) is 66.1 Å². The van der Waals surface area contributed by atoms with E-state index in [1.807, 2.05) is 57.7 Å². The fraction of sp³-hybridized carbons (Fsp3) is 0.579. The number of anilines is 1. The van der Waals surface area contributed by atoms with Crippen LogP contribution >= 0.6 is 0 Å². The van der Waals surface area contributed by atoms with E-state index < -0.39 is 0 Å². The molecule has 2 rings (SSSR count). The zero-order valence-electron chi connectivity index (χ0n) is 15.6. The van der Waals surface area contributed by atoms with Crippen molar-refractivity contribution in [2.24, 2.45) is 0 Å². The first-order valence-electron chi connectivity index (χ1n) is 8.67. The average molecular weight is 331 g/mol. The van der Waals surface area contributed by atoms with Gasteiger partial charge in [-0.15, -0.1) is 0 Å². The van der Waals surface area contributed by atoms with Gasteiger partial charge in [0.2, 0.25) is 5.91 Å². The van der Waals surface area contributed by atoms with Gasteiger partial charge in [0.25, 0.3) is 0 Å². The molecule has 0 aromatic heterocycles. The number of aryl methyl sites for hydroxylation is 2. The Bertz CT molecular complexity index is 617. The van der Waals surface area contributed by atoms with E-state index >= 15 is 0 Å². The highest BCUT2D eigenvalue weighted by atomic mass is 16.2. The summed E-state index contributed by atoms with van der Waals surface area (Å²) in [6, 6.07) is 6.04. The largest absolute Gasteiger partial charge is 0.333 e. The molecule has 0 radical (unpaired) electrons. The van der Waals surface area contributed by atoms with E-state index in [1.165, 1.54) is 11.1 Å². The third kappa shape index (κ3) is 3.89. The van der Waals surface area contributed by atoms with Crippen LogP contribution < -0.4 is 10.2 Å². The molecule has 3 amide bonds. The highest BCUT2D eigenvalue weighted by Crippen LogP contribution is 2.24. The molecule has 1 atom stereocenters. The van der Waals surface area contributed by atoms with Gasteiger partial charge in [0, 0.05) is 30.7 Å². The molecule has 0 saturated carbocycles. The highest BCUT2D eigenvalue weighted by Gasteiger charge is 2.33. The van der Waals surface area contributed by atoms with Gasteiger partial charge in [-0.3, -0.25) is 4.79 Å². The molecule has 1 N–H and O–H groups in total. The molecule has 0 spiro atoms. The van der Waals surface area contributed by atoms with Gasteiger partial charge in [-0.25, -0.2) is 4.79 Å². The number of rotatable bonds is 4. The number of carbonyl (C=O) groups is 2. The number of amides is 3. The van der Waals surface area contributed by atoms with E-state index in [-0.39, 0.29) is 30.1 Å². The second-order valence-electron chi connectivity index (χ2n) is 7.22. The number of hydrogen-bond acceptors (Lipinski definition) is 2. The van der Waals surface area contributed by atoms with Crippen molar-refractivity contribution in [2.75, 3.05) is 11.4 Å². The lowest BCUT2D eigenvalue weighted by Gasteiger charge is -2.32. The van der Waals surface area contributed by atoms with Crippen LogP contribution in [0.2, 0.25) is 0 Å². The van der Waals surface area contributed by atoms with E-state index in [4.69, 9.17) is 0 Å². The zero-order valence-corrected chi connectivity index (χ0v) is 15.6. The Morgan fingerprint density at radius 2 is 1.79 bits per heavy atom. The van der Waals surface area contributed by atoms with Crippen LogP contribution in [0.5, 0.6) is 0 Å². The molecule has 1 aliphatic rings. The van der Waals surface area contributed by atoms with Gasteiger partial charge in [-0.2, -0.15) is 0 Å². The molecule has 1 aromatic rings. The lowest BCUT2D eigenvalue weighted by atomic mass is 10.1. The van der Waals surface area contributed by atoms with Crippen molar-refractivity contribution in [1.29, 1.82) is 0 Å². The average Bonchev–Trinajstić information content (AvgIpc) is 2.81. The minimum atomic E-state index is -0.147. The van der Waals surface area contributed by atoms with Crippen LogP contribution in [0.3, 0.4) is 0 Å².